The summed E-state index contributed by atoms with van der Waals surface area (Å²) in [6, 6.07) is 3.81. The van der Waals surface area contributed by atoms with Gasteiger partial charge in [-0.2, -0.15) is 0 Å². The highest BCUT2D eigenvalue weighted by Crippen LogP contribution is 2.33. The van der Waals surface area contributed by atoms with Gasteiger partial charge in [-0.1, -0.05) is 36.7 Å². The predicted molar refractivity (Wildman–Crippen MR) is 72.6 cm³/mol. The Morgan fingerprint density at radius 1 is 1.50 bits per heavy atom. The van der Waals surface area contributed by atoms with Crippen LogP contribution in [-0.4, -0.2) is 20.3 Å². The second-order valence-corrected chi connectivity index (χ2v) is 7.79. The first kappa shape index (κ1) is 13.7. The van der Waals surface area contributed by atoms with Gasteiger partial charge in [-0.3, -0.25) is 9.78 Å². The fourth-order valence-electron chi connectivity index (χ4n) is 1.18. The maximum atomic E-state index is 11.9. The van der Waals surface area contributed by atoms with Gasteiger partial charge >= 0.3 is 0 Å². The van der Waals surface area contributed by atoms with Crippen molar-refractivity contribution in [2.24, 2.45) is 0 Å². The van der Waals surface area contributed by atoms with E-state index in [0.717, 1.165) is 4.90 Å². The molecule has 1 aromatic heterocycles. The molecule has 1 unspecified atom stereocenters. The van der Waals surface area contributed by atoms with E-state index < -0.39 is 0 Å². The molecule has 0 bridgehead atoms. The van der Waals surface area contributed by atoms with Crippen LogP contribution in [0.5, 0.6) is 0 Å². The van der Waals surface area contributed by atoms with Crippen molar-refractivity contribution in [1.29, 1.82) is 0 Å². The van der Waals surface area contributed by atoms with Crippen molar-refractivity contribution in [3.8, 4) is 0 Å². The Bertz CT molecular complexity index is 385. The minimum atomic E-state index is -0.193. The number of hydrogen-bond donors (Lipinski definition) is 0. The number of carbonyl (C=O) groups is 1. The third kappa shape index (κ3) is 3.91. The van der Waals surface area contributed by atoms with Gasteiger partial charge in [0, 0.05) is 15.8 Å². The molecule has 1 rings (SSSR count). The standard InChI is InChI=1S/C12H16BrNOS/c1-8(13)11(15)10-9(6-5-7-14-10)16-12(2,3)4/h5-8H,1-4H3. The summed E-state index contributed by atoms with van der Waals surface area (Å²) in [4.78, 5) is 16.9. The molecule has 0 N–H and O–H groups in total. The zero-order valence-corrected chi connectivity index (χ0v) is 12.4. The van der Waals surface area contributed by atoms with E-state index in [-0.39, 0.29) is 15.4 Å². The zero-order valence-electron chi connectivity index (χ0n) is 9.95. The van der Waals surface area contributed by atoms with E-state index in [0.29, 0.717) is 5.69 Å². The van der Waals surface area contributed by atoms with E-state index in [9.17, 15) is 4.79 Å². The van der Waals surface area contributed by atoms with Crippen LogP contribution in [0.2, 0.25) is 0 Å². The van der Waals surface area contributed by atoms with E-state index in [1.54, 1.807) is 18.0 Å². The topological polar surface area (TPSA) is 30.0 Å². The second-order valence-electron chi connectivity index (χ2n) is 4.54. The summed E-state index contributed by atoms with van der Waals surface area (Å²) in [6.07, 6.45) is 1.66. The Morgan fingerprint density at radius 2 is 2.12 bits per heavy atom. The molecular formula is C12H16BrNOS. The molecule has 1 heterocycles. The summed E-state index contributed by atoms with van der Waals surface area (Å²) in [5.41, 5.74) is 0.562. The Morgan fingerprint density at radius 3 is 2.62 bits per heavy atom. The minimum absolute atomic E-state index is 0.0346. The van der Waals surface area contributed by atoms with Gasteiger partial charge in [0.05, 0.1) is 4.83 Å². The molecule has 2 nitrogen and oxygen atoms in total. The number of pyridine rings is 1. The SMILES string of the molecule is CC(Br)C(=O)c1ncccc1SC(C)(C)C. The van der Waals surface area contributed by atoms with Crippen molar-refractivity contribution >= 4 is 33.5 Å². The van der Waals surface area contributed by atoms with E-state index in [1.807, 2.05) is 19.1 Å². The fourth-order valence-corrected chi connectivity index (χ4v) is 2.45. The van der Waals surface area contributed by atoms with Crippen LogP contribution in [0.1, 0.15) is 38.2 Å². The number of aromatic nitrogens is 1. The molecule has 0 saturated carbocycles. The minimum Gasteiger partial charge on any atom is -0.291 e. The maximum Gasteiger partial charge on any atom is 0.195 e. The molecule has 88 valence electrons. The molecule has 0 fully saturated rings. The molecule has 0 aliphatic heterocycles. The molecule has 4 heteroatoms. The highest BCUT2D eigenvalue weighted by Gasteiger charge is 2.21. The third-order valence-electron chi connectivity index (χ3n) is 1.78. The van der Waals surface area contributed by atoms with Gasteiger partial charge in [0.2, 0.25) is 0 Å². The monoisotopic (exact) mass is 301 g/mol. The molecular weight excluding hydrogens is 286 g/mol. The van der Waals surface area contributed by atoms with E-state index >= 15 is 0 Å². The first-order valence-corrected chi connectivity index (χ1v) is 6.87. The fraction of sp³-hybridized carbons (Fsp3) is 0.500. The average molecular weight is 302 g/mol. The van der Waals surface area contributed by atoms with Gasteiger partial charge in [-0.15, -0.1) is 11.8 Å². The van der Waals surface area contributed by atoms with Gasteiger partial charge < -0.3 is 0 Å². The summed E-state index contributed by atoms with van der Waals surface area (Å²) < 4.78 is 0.0770. The van der Waals surface area contributed by atoms with Crippen LogP contribution in [-0.2, 0) is 0 Å². The second kappa shape index (κ2) is 5.32. The van der Waals surface area contributed by atoms with Gasteiger partial charge in [-0.25, -0.2) is 0 Å². The summed E-state index contributed by atoms with van der Waals surface area (Å²) in [5, 5.41) is 0. The van der Waals surface area contributed by atoms with Gasteiger partial charge in [0.25, 0.3) is 0 Å². The van der Waals surface area contributed by atoms with Crippen LogP contribution < -0.4 is 0 Å². The smallest absolute Gasteiger partial charge is 0.195 e. The summed E-state index contributed by atoms with van der Waals surface area (Å²) >= 11 is 4.96. The van der Waals surface area contributed by atoms with Crippen molar-refractivity contribution in [1.82, 2.24) is 4.98 Å². The molecule has 0 amide bonds. The Balaban J connectivity index is 3.06. The summed E-state index contributed by atoms with van der Waals surface area (Å²) in [6.45, 7) is 8.19. The Labute approximate surface area is 109 Å². The van der Waals surface area contributed by atoms with Crippen LogP contribution >= 0.6 is 27.7 Å². The molecule has 0 radical (unpaired) electrons. The summed E-state index contributed by atoms with van der Waals surface area (Å²) in [7, 11) is 0. The van der Waals surface area contributed by atoms with Crippen LogP contribution in [0.25, 0.3) is 0 Å². The lowest BCUT2D eigenvalue weighted by atomic mass is 10.2. The molecule has 0 aliphatic rings. The first-order chi connectivity index (χ1) is 7.31. The van der Waals surface area contributed by atoms with Crippen LogP contribution in [0.15, 0.2) is 23.2 Å². The summed E-state index contributed by atoms with van der Waals surface area (Å²) in [5.74, 6) is 0.0346. The number of thioether (sulfide) groups is 1. The average Bonchev–Trinajstić information content (AvgIpc) is 2.15. The highest BCUT2D eigenvalue weighted by atomic mass is 79.9. The van der Waals surface area contributed by atoms with Crippen LogP contribution in [0, 0.1) is 0 Å². The van der Waals surface area contributed by atoms with Crippen molar-refractivity contribution in [2.75, 3.05) is 0 Å². The zero-order chi connectivity index (χ0) is 12.3. The number of carbonyl (C=O) groups excluding carboxylic acids is 1. The molecule has 0 aliphatic carbocycles. The molecule has 16 heavy (non-hydrogen) atoms. The lowest BCUT2D eigenvalue weighted by Crippen LogP contribution is -2.15. The van der Waals surface area contributed by atoms with E-state index in [1.165, 1.54) is 0 Å². The predicted octanol–water partition coefficient (Wildman–Crippen LogP) is 3.94. The van der Waals surface area contributed by atoms with Crippen LogP contribution in [0.3, 0.4) is 0 Å². The van der Waals surface area contributed by atoms with E-state index in [2.05, 4.69) is 41.7 Å². The maximum absolute atomic E-state index is 11.9. The van der Waals surface area contributed by atoms with Crippen LogP contribution in [0.4, 0.5) is 0 Å². The first-order valence-electron chi connectivity index (χ1n) is 5.13. The molecule has 0 saturated heterocycles. The molecule has 1 aromatic rings. The number of hydrogen-bond acceptors (Lipinski definition) is 3. The third-order valence-corrected chi connectivity index (χ3v) is 3.36. The van der Waals surface area contributed by atoms with Gasteiger partial charge in [-0.05, 0) is 19.1 Å². The van der Waals surface area contributed by atoms with Gasteiger partial charge in [0.1, 0.15) is 5.69 Å². The van der Waals surface area contributed by atoms with Crippen molar-refractivity contribution in [3.05, 3.63) is 24.0 Å². The number of ketones is 1. The highest BCUT2D eigenvalue weighted by molar-refractivity contribution is 9.10. The quantitative estimate of drug-likeness (QED) is 0.481. The van der Waals surface area contributed by atoms with Crippen molar-refractivity contribution in [3.63, 3.8) is 0 Å². The normalized spacial score (nSPS) is 13.6. The lowest BCUT2D eigenvalue weighted by molar-refractivity contribution is 0.0988. The number of Topliss-reactive ketones (excluding diaryl/α,β-unsaturated/α-hetero) is 1. The van der Waals surface area contributed by atoms with E-state index in [4.69, 9.17) is 0 Å². The van der Waals surface area contributed by atoms with Gasteiger partial charge in [0.15, 0.2) is 5.78 Å². The number of rotatable bonds is 3. The number of halogens is 1. The Hall–Kier alpha value is -0.350. The molecule has 1 atom stereocenters. The Kier molecular flexibility index (Phi) is 4.56. The number of alkyl halides is 1. The number of nitrogens with zero attached hydrogens (tertiary/aromatic N) is 1. The lowest BCUT2D eigenvalue weighted by Gasteiger charge is -2.19. The van der Waals surface area contributed by atoms with Crippen molar-refractivity contribution in [2.45, 2.75) is 42.2 Å². The molecule has 0 aromatic carbocycles. The van der Waals surface area contributed by atoms with Crippen molar-refractivity contribution < 1.29 is 4.79 Å². The largest absolute Gasteiger partial charge is 0.291 e. The molecule has 0 spiro atoms.